The van der Waals surface area contributed by atoms with E-state index in [9.17, 15) is 10.4 Å². The number of nitrogens with one attached hydrogen (secondary N) is 1. The number of ether oxygens (including phenoxy) is 1. The van der Waals surface area contributed by atoms with Gasteiger partial charge < -0.3 is 14.7 Å². The van der Waals surface area contributed by atoms with E-state index in [1.165, 1.54) is 16.9 Å². The lowest BCUT2D eigenvalue weighted by Gasteiger charge is -2.49. The summed E-state index contributed by atoms with van der Waals surface area (Å²) < 4.78 is 5.25. The molecule has 4 heteroatoms. The Kier molecular flexibility index (Phi) is 4.37. The molecule has 1 heterocycles. The minimum Gasteiger partial charge on any atom is -0.497 e. The second-order valence-corrected chi connectivity index (χ2v) is 6.70. The van der Waals surface area contributed by atoms with Crippen LogP contribution in [0.5, 0.6) is 5.75 Å². The van der Waals surface area contributed by atoms with Crippen LogP contribution in [0.4, 0.5) is 0 Å². The number of quaternary nitrogens is 1. The molecular formula is C18H25N2O2+. The highest BCUT2D eigenvalue weighted by atomic mass is 16.5. The van der Waals surface area contributed by atoms with E-state index in [1.807, 2.05) is 12.1 Å². The molecule has 22 heavy (non-hydrogen) atoms. The summed E-state index contributed by atoms with van der Waals surface area (Å²) in [5.74, 6) is 1.10. The number of rotatable bonds is 3. The molecule has 3 rings (SSSR count). The van der Waals surface area contributed by atoms with Crippen molar-refractivity contribution in [3.05, 3.63) is 29.8 Å². The van der Waals surface area contributed by atoms with Gasteiger partial charge in [0, 0.05) is 17.9 Å². The first-order valence-corrected chi connectivity index (χ1v) is 8.26. The molecule has 1 aromatic rings. The minimum atomic E-state index is -0.540. The van der Waals surface area contributed by atoms with E-state index in [1.54, 1.807) is 7.11 Å². The zero-order chi connectivity index (χ0) is 15.6. The summed E-state index contributed by atoms with van der Waals surface area (Å²) in [5.41, 5.74) is 0.679. The maximum Gasteiger partial charge on any atom is 0.165 e. The fraction of sp³-hybridized carbons (Fsp3) is 0.611. The van der Waals surface area contributed by atoms with Gasteiger partial charge in [-0.15, -0.1) is 0 Å². The third-order valence-electron chi connectivity index (χ3n) is 5.57. The predicted molar refractivity (Wildman–Crippen MR) is 83.6 cm³/mol. The monoisotopic (exact) mass is 301 g/mol. The number of benzene rings is 1. The van der Waals surface area contributed by atoms with Gasteiger partial charge in [0.2, 0.25) is 0 Å². The molecule has 2 aliphatic rings. The van der Waals surface area contributed by atoms with Crippen LogP contribution in [-0.4, -0.2) is 30.9 Å². The van der Waals surface area contributed by atoms with Crippen molar-refractivity contribution in [2.45, 2.75) is 43.7 Å². The molecule has 1 aliphatic heterocycles. The van der Waals surface area contributed by atoms with Crippen LogP contribution in [0.15, 0.2) is 24.3 Å². The van der Waals surface area contributed by atoms with E-state index >= 15 is 0 Å². The van der Waals surface area contributed by atoms with E-state index in [-0.39, 0.29) is 12.0 Å². The van der Waals surface area contributed by atoms with E-state index in [0.717, 1.165) is 38.0 Å². The Balaban J connectivity index is 1.94. The third kappa shape index (κ3) is 2.71. The summed E-state index contributed by atoms with van der Waals surface area (Å²) >= 11 is 0. The molecule has 118 valence electrons. The summed E-state index contributed by atoms with van der Waals surface area (Å²) in [6.45, 7) is 1.38. The number of nitriles is 1. The summed E-state index contributed by atoms with van der Waals surface area (Å²) in [6, 6.07) is 10.7. The second kappa shape index (κ2) is 6.28. The molecule has 0 spiro atoms. The summed E-state index contributed by atoms with van der Waals surface area (Å²) in [4.78, 5) is 1.30. The van der Waals surface area contributed by atoms with Crippen LogP contribution in [0.25, 0.3) is 0 Å². The van der Waals surface area contributed by atoms with Crippen molar-refractivity contribution in [2.75, 3.05) is 20.2 Å². The molecule has 0 radical (unpaired) electrons. The third-order valence-corrected chi connectivity index (χ3v) is 5.57. The van der Waals surface area contributed by atoms with Gasteiger partial charge >= 0.3 is 0 Å². The molecule has 0 aromatic heterocycles. The summed E-state index contributed by atoms with van der Waals surface area (Å²) in [5, 5.41) is 20.3. The Bertz CT molecular complexity index is 551. The number of fused-ring (bicyclic) bond motifs is 1. The van der Waals surface area contributed by atoms with Crippen LogP contribution in [0, 0.1) is 17.2 Å². The lowest BCUT2D eigenvalue weighted by Crippen LogP contribution is -3.15. The predicted octanol–water partition coefficient (Wildman–Crippen LogP) is 1.47. The lowest BCUT2D eigenvalue weighted by molar-refractivity contribution is -0.938. The number of piperidine rings is 1. The Labute approximate surface area is 132 Å². The molecule has 1 saturated carbocycles. The Morgan fingerprint density at radius 2 is 2.09 bits per heavy atom. The topological polar surface area (TPSA) is 57.7 Å². The van der Waals surface area contributed by atoms with Crippen molar-refractivity contribution < 1.29 is 14.7 Å². The molecule has 1 aliphatic carbocycles. The quantitative estimate of drug-likeness (QED) is 0.831. The van der Waals surface area contributed by atoms with Crippen LogP contribution < -0.4 is 9.64 Å². The lowest BCUT2D eigenvalue weighted by atomic mass is 9.66. The van der Waals surface area contributed by atoms with Gasteiger partial charge in [-0.25, -0.2) is 0 Å². The Hall–Kier alpha value is -1.57. The average Bonchev–Trinajstić information content (AvgIpc) is 2.55. The Morgan fingerprint density at radius 1 is 1.32 bits per heavy atom. The van der Waals surface area contributed by atoms with Crippen LogP contribution in [0.2, 0.25) is 0 Å². The number of hydrogen-bond donors (Lipinski definition) is 2. The fourth-order valence-electron chi connectivity index (χ4n) is 4.43. The highest BCUT2D eigenvalue weighted by molar-refractivity contribution is 5.29. The molecule has 0 bridgehead atoms. The van der Waals surface area contributed by atoms with Crippen molar-refractivity contribution in [3.63, 3.8) is 0 Å². The normalized spacial score (nSPS) is 34.5. The molecule has 4 nitrogen and oxygen atoms in total. The van der Waals surface area contributed by atoms with Gasteiger partial charge in [-0.05, 0) is 37.1 Å². The molecule has 1 aromatic carbocycles. The fourth-order valence-corrected chi connectivity index (χ4v) is 4.43. The van der Waals surface area contributed by atoms with Gasteiger partial charge in [0.15, 0.2) is 6.54 Å². The first-order chi connectivity index (χ1) is 10.7. The van der Waals surface area contributed by atoms with E-state index in [0.29, 0.717) is 6.54 Å². The molecular weight excluding hydrogens is 276 g/mol. The standard InChI is InChI=1S/C18H24N2O2/c1-22-15-7-5-14(6-8-15)17-16-4-2-3-9-18(16,21)10-12-20(17)13-11-19/h5-8,16-17,21H,2-4,9-10,12-13H2,1H3/p+1/t16-,17-,18+/m0/s1. The van der Waals surface area contributed by atoms with E-state index < -0.39 is 5.60 Å². The summed E-state index contributed by atoms with van der Waals surface area (Å²) in [6.07, 6.45) is 5.09. The first kappa shape index (κ1) is 15.3. The molecule has 1 unspecified atom stereocenters. The van der Waals surface area contributed by atoms with Gasteiger partial charge in [0.1, 0.15) is 17.9 Å². The zero-order valence-corrected chi connectivity index (χ0v) is 13.2. The van der Waals surface area contributed by atoms with Crippen molar-refractivity contribution >= 4 is 0 Å². The van der Waals surface area contributed by atoms with Gasteiger partial charge in [-0.1, -0.05) is 12.8 Å². The smallest absolute Gasteiger partial charge is 0.165 e. The number of likely N-dealkylation sites (tertiary alicyclic amines) is 1. The van der Waals surface area contributed by atoms with Gasteiger partial charge in [0.05, 0.1) is 19.3 Å². The summed E-state index contributed by atoms with van der Waals surface area (Å²) in [7, 11) is 1.67. The number of hydrogen-bond acceptors (Lipinski definition) is 3. The molecule has 0 amide bonds. The SMILES string of the molecule is COc1ccc([C@H]2[C@@H]3CCCC[C@@]3(O)CC[NH+]2CC#N)cc1. The van der Waals surface area contributed by atoms with Crippen LogP contribution in [0.1, 0.15) is 43.7 Å². The maximum atomic E-state index is 11.1. The number of aliphatic hydroxyl groups is 1. The van der Waals surface area contributed by atoms with E-state index in [4.69, 9.17) is 4.74 Å². The van der Waals surface area contributed by atoms with Crippen molar-refractivity contribution in [1.29, 1.82) is 5.26 Å². The molecule has 2 fully saturated rings. The van der Waals surface area contributed by atoms with Crippen molar-refractivity contribution in [1.82, 2.24) is 0 Å². The van der Waals surface area contributed by atoms with Crippen LogP contribution in [-0.2, 0) is 0 Å². The van der Waals surface area contributed by atoms with Crippen LogP contribution in [0.3, 0.4) is 0 Å². The molecule has 2 N–H and O–H groups in total. The molecule has 4 atom stereocenters. The minimum absolute atomic E-state index is 0.213. The van der Waals surface area contributed by atoms with Gasteiger partial charge in [0.25, 0.3) is 0 Å². The zero-order valence-electron chi connectivity index (χ0n) is 13.2. The Morgan fingerprint density at radius 3 is 2.77 bits per heavy atom. The van der Waals surface area contributed by atoms with Crippen molar-refractivity contribution in [2.24, 2.45) is 5.92 Å². The average molecular weight is 301 g/mol. The maximum absolute atomic E-state index is 11.1. The highest BCUT2D eigenvalue weighted by Crippen LogP contribution is 2.44. The highest BCUT2D eigenvalue weighted by Gasteiger charge is 2.51. The first-order valence-electron chi connectivity index (χ1n) is 8.26. The van der Waals surface area contributed by atoms with Crippen molar-refractivity contribution in [3.8, 4) is 11.8 Å². The largest absolute Gasteiger partial charge is 0.497 e. The van der Waals surface area contributed by atoms with Gasteiger partial charge in [-0.2, -0.15) is 5.26 Å². The number of methoxy groups -OCH3 is 1. The van der Waals surface area contributed by atoms with Gasteiger partial charge in [-0.3, -0.25) is 0 Å². The molecule has 1 saturated heterocycles. The van der Waals surface area contributed by atoms with E-state index in [2.05, 4.69) is 18.2 Å². The second-order valence-electron chi connectivity index (χ2n) is 6.70. The number of nitrogens with zero attached hydrogens (tertiary/aromatic N) is 1. The van der Waals surface area contributed by atoms with Crippen LogP contribution >= 0.6 is 0 Å².